The van der Waals surface area contributed by atoms with Gasteiger partial charge in [0.1, 0.15) is 0 Å². The minimum atomic E-state index is 0.593. The van der Waals surface area contributed by atoms with Gasteiger partial charge >= 0.3 is 0 Å². The molecule has 0 radical (unpaired) electrons. The van der Waals surface area contributed by atoms with Crippen LogP contribution in [0.5, 0.6) is 0 Å². The van der Waals surface area contributed by atoms with Crippen molar-refractivity contribution in [1.29, 1.82) is 0 Å². The van der Waals surface area contributed by atoms with Crippen LogP contribution in [0.15, 0.2) is 176 Å². The average molecular weight is 720 g/mol. The molecule has 256 valence electrons. The first kappa shape index (κ1) is 30.3. The molecule has 0 saturated carbocycles. The summed E-state index contributed by atoms with van der Waals surface area (Å²) < 4.78 is 7.21. The lowest BCUT2D eigenvalue weighted by atomic mass is 10.0. The van der Waals surface area contributed by atoms with Gasteiger partial charge in [-0.15, -0.1) is 11.3 Å². The van der Waals surface area contributed by atoms with Crippen molar-refractivity contribution in [3.8, 4) is 34.4 Å². The van der Waals surface area contributed by atoms with Gasteiger partial charge in [-0.25, -0.2) is 4.98 Å². The van der Waals surface area contributed by atoms with E-state index < -0.39 is 0 Å². The van der Waals surface area contributed by atoms with Crippen molar-refractivity contribution >= 4 is 85.9 Å². The average Bonchev–Trinajstić information content (AvgIpc) is 3.91. The summed E-state index contributed by atoms with van der Waals surface area (Å²) in [6, 6.07) is 62.4. The number of fused-ring (bicyclic) bond motifs is 12. The summed E-state index contributed by atoms with van der Waals surface area (Å²) in [7, 11) is 0. The van der Waals surface area contributed by atoms with Gasteiger partial charge in [-0.05, 0) is 47.9 Å². The molecule has 12 aromatic rings. The fourth-order valence-electron chi connectivity index (χ4n) is 8.64. The van der Waals surface area contributed by atoms with E-state index in [1.807, 2.05) is 47.7 Å². The number of benzene rings is 8. The zero-order valence-electron chi connectivity index (χ0n) is 29.4. The Bertz CT molecular complexity index is 3420. The molecular formula is C49H29N5S. The number of thiophene rings is 1. The van der Waals surface area contributed by atoms with Crippen molar-refractivity contribution in [2.45, 2.75) is 0 Å². The van der Waals surface area contributed by atoms with Crippen molar-refractivity contribution in [3.63, 3.8) is 0 Å². The number of hydrogen-bond acceptors (Lipinski definition) is 4. The lowest BCUT2D eigenvalue weighted by Gasteiger charge is -2.11. The Morgan fingerprint density at radius 3 is 1.45 bits per heavy atom. The van der Waals surface area contributed by atoms with E-state index in [1.165, 1.54) is 69.2 Å². The van der Waals surface area contributed by atoms with Gasteiger partial charge in [0, 0.05) is 58.2 Å². The van der Waals surface area contributed by atoms with Crippen LogP contribution in [-0.4, -0.2) is 24.1 Å². The molecule has 0 spiro atoms. The van der Waals surface area contributed by atoms with Crippen molar-refractivity contribution < 1.29 is 0 Å². The van der Waals surface area contributed by atoms with Crippen LogP contribution >= 0.6 is 11.3 Å². The van der Waals surface area contributed by atoms with Gasteiger partial charge in [0.05, 0.1) is 27.8 Å². The molecule has 5 nitrogen and oxygen atoms in total. The number of nitrogens with zero attached hydrogens (tertiary/aromatic N) is 5. The van der Waals surface area contributed by atoms with E-state index in [0.717, 1.165) is 22.2 Å². The quantitative estimate of drug-likeness (QED) is 0.182. The molecule has 0 saturated heterocycles. The molecular weight excluding hydrogens is 691 g/mol. The molecule has 0 aliphatic carbocycles. The van der Waals surface area contributed by atoms with E-state index in [0.29, 0.717) is 17.6 Å². The third-order valence-electron chi connectivity index (χ3n) is 11.0. The van der Waals surface area contributed by atoms with E-state index >= 15 is 0 Å². The maximum atomic E-state index is 5.19. The van der Waals surface area contributed by atoms with E-state index in [9.17, 15) is 0 Å². The zero-order chi connectivity index (χ0) is 36.0. The summed E-state index contributed by atoms with van der Waals surface area (Å²) in [5.74, 6) is 1.87. The van der Waals surface area contributed by atoms with Crippen molar-refractivity contribution in [1.82, 2.24) is 24.1 Å². The topological polar surface area (TPSA) is 48.5 Å². The van der Waals surface area contributed by atoms with Gasteiger partial charge in [-0.3, -0.25) is 4.57 Å². The molecule has 0 atom stereocenters. The van der Waals surface area contributed by atoms with Gasteiger partial charge < -0.3 is 4.57 Å². The van der Waals surface area contributed by atoms with Crippen molar-refractivity contribution in [2.75, 3.05) is 0 Å². The summed E-state index contributed by atoms with van der Waals surface area (Å²) in [5.41, 5.74) is 7.58. The highest BCUT2D eigenvalue weighted by atomic mass is 32.1. The maximum absolute atomic E-state index is 5.19. The fourth-order valence-corrected chi connectivity index (χ4v) is 9.76. The first-order chi connectivity index (χ1) is 27.3. The van der Waals surface area contributed by atoms with E-state index in [4.69, 9.17) is 15.0 Å². The molecule has 12 rings (SSSR count). The van der Waals surface area contributed by atoms with Crippen LogP contribution in [0.1, 0.15) is 0 Å². The van der Waals surface area contributed by atoms with E-state index in [-0.39, 0.29) is 0 Å². The third kappa shape index (κ3) is 4.43. The van der Waals surface area contributed by atoms with Crippen molar-refractivity contribution in [3.05, 3.63) is 176 Å². The molecule has 0 N–H and O–H groups in total. The summed E-state index contributed by atoms with van der Waals surface area (Å²) in [6.45, 7) is 0. The Hall–Kier alpha value is -7.15. The Kier molecular flexibility index (Phi) is 6.44. The van der Waals surface area contributed by atoms with Crippen LogP contribution < -0.4 is 0 Å². The first-order valence-corrected chi connectivity index (χ1v) is 19.3. The predicted molar refractivity (Wildman–Crippen MR) is 230 cm³/mol. The molecule has 55 heavy (non-hydrogen) atoms. The second kappa shape index (κ2) is 11.7. The molecule has 8 aromatic carbocycles. The van der Waals surface area contributed by atoms with Crippen LogP contribution in [0, 0.1) is 0 Å². The summed E-state index contributed by atoms with van der Waals surface area (Å²) in [5, 5.41) is 9.90. The molecule has 4 aromatic heterocycles. The van der Waals surface area contributed by atoms with Crippen LogP contribution in [0.4, 0.5) is 0 Å². The molecule has 0 fully saturated rings. The molecule has 0 bridgehead atoms. The SMILES string of the molecule is c1ccc(-c2nc(-c3ccccc3)nc(-n3c4ccccc4c4c5c(ccc43)sc3ccc4c(c6ccccc6n4-c4cccc6ccccc46)c35)n2)cc1. The Morgan fingerprint density at radius 2 is 0.836 bits per heavy atom. The molecule has 0 aliphatic heterocycles. The number of aromatic nitrogens is 5. The van der Waals surface area contributed by atoms with Crippen molar-refractivity contribution in [2.24, 2.45) is 0 Å². The summed E-state index contributed by atoms with van der Waals surface area (Å²) in [4.78, 5) is 15.4. The van der Waals surface area contributed by atoms with Crippen LogP contribution in [0.25, 0.3) is 109 Å². The minimum absolute atomic E-state index is 0.593. The first-order valence-electron chi connectivity index (χ1n) is 18.5. The standard InChI is InChI=1S/C49H29N5S/c1-3-15-31(16-4-1)47-50-48(32-17-5-2-6-18-32)52-49(51-47)54-38-24-12-10-22-35(38)44-40(54)27-29-42-46(44)45-41(55-42)28-26-39-43(45)34-21-9-11-23-37(34)53(39)36-25-13-19-30-14-7-8-20-33(30)36/h1-29H. The highest BCUT2D eigenvalue weighted by molar-refractivity contribution is 7.26. The highest BCUT2D eigenvalue weighted by Crippen LogP contribution is 2.48. The lowest BCUT2D eigenvalue weighted by Crippen LogP contribution is -2.06. The zero-order valence-corrected chi connectivity index (χ0v) is 30.2. The highest BCUT2D eigenvalue weighted by Gasteiger charge is 2.24. The second-order valence-electron chi connectivity index (χ2n) is 14.0. The molecule has 6 heteroatoms. The second-order valence-corrected chi connectivity index (χ2v) is 15.1. The molecule has 4 heterocycles. The monoisotopic (exact) mass is 719 g/mol. The molecule has 0 unspecified atom stereocenters. The van der Waals surface area contributed by atoms with Gasteiger partial charge in [-0.2, -0.15) is 9.97 Å². The smallest absolute Gasteiger partial charge is 0.238 e. The Labute approximate surface area is 319 Å². The Morgan fingerprint density at radius 1 is 0.345 bits per heavy atom. The summed E-state index contributed by atoms with van der Waals surface area (Å²) >= 11 is 1.86. The van der Waals surface area contributed by atoms with Gasteiger partial charge in [0.2, 0.25) is 5.95 Å². The van der Waals surface area contributed by atoms with E-state index in [2.05, 4.69) is 149 Å². The Balaban J connectivity index is 1.22. The van der Waals surface area contributed by atoms with Gasteiger partial charge in [-0.1, -0.05) is 133 Å². The predicted octanol–water partition coefficient (Wildman–Crippen LogP) is 12.9. The van der Waals surface area contributed by atoms with Crippen LogP contribution in [0.3, 0.4) is 0 Å². The minimum Gasteiger partial charge on any atom is -0.309 e. The summed E-state index contributed by atoms with van der Waals surface area (Å²) in [6.07, 6.45) is 0. The lowest BCUT2D eigenvalue weighted by molar-refractivity contribution is 0.953. The number of hydrogen-bond donors (Lipinski definition) is 0. The van der Waals surface area contributed by atoms with Crippen LogP contribution in [-0.2, 0) is 0 Å². The maximum Gasteiger partial charge on any atom is 0.238 e. The number of rotatable bonds is 4. The fraction of sp³-hybridized carbons (Fsp3) is 0. The molecule has 0 aliphatic rings. The van der Waals surface area contributed by atoms with E-state index in [1.54, 1.807) is 0 Å². The van der Waals surface area contributed by atoms with Gasteiger partial charge in [0.15, 0.2) is 11.6 Å². The van der Waals surface area contributed by atoms with Gasteiger partial charge in [0.25, 0.3) is 0 Å². The molecule has 0 amide bonds. The van der Waals surface area contributed by atoms with Crippen LogP contribution in [0.2, 0.25) is 0 Å². The largest absolute Gasteiger partial charge is 0.309 e. The third-order valence-corrected chi connectivity index (χ3v) is 12.1. The normalized spacial score (nSPS) is 12.0. The number of para-hydroxylation sites is 2.